The molecule has 1 unspecified atom stereocenters. The van der Waals surface area contributed by atoms with Crippen LogP contribution >= 0.6 is 0 Å². The van der Waals surface area contributed by atoms with E-state index in [-0.39, 0.29) is 5.97 Å². The predicted octanol–water partition coefficient (Wildman–Crippen LogP) is 1.93. The Morgan fingerprint density at radius 1 is 1.20 bits per heavy atom. The van der Waals surface area contributed by atoms with Gasteiger partial charge in [0.25, 0.3) is 0 Å². The molecule has 3 aliphatic carbocycles. The Morgan fingerprint density at radius 3 is 2.35 bits per heavy atom. The number of hydrogen-bond acceptors (Lipinski definition) is 4. The van der Waals surface area contributed by atoms with Gasteiger partial charge in [-0.05, 0) is 51.5 Å². The van der Waals surface area contributed by atoms with Gasteiger partial charge < -0.3 is 9.64 Å². The lowest BCUT2D eigenvalue weighted by Gasteiger charge is -2.38. The van der Waals surface area contributed by atoms with Gasteiger partial charge in [-0.1, -0.05) is 12.8 Å². The molecule has 1 N–H and O–H groups in total. The summed E-state index contributed by atoms with van der Waals surface area (Å²) < 4.78 is 5.18. The first-order valence-electron chi connectivity index (χ1n) is 8.22. The Bertz CT molecular complexity index is 359. The summed E-state index contributed by atoms with van der Waals surface area (Å²) in [5, 5.41) is 3.66. The van der Waals surface area contributed by atoms with Gasteiger partial charge in [0.15, 0.2) is 0 Å². The monoisotopic (exact) mass is 280 g/mol. The van der Waals surface area contributed by atoms with E-state index >= 15 is 0 Å². The molecule has 0 amide bonds. The summed E-state index contributed by atoms with van der Waals surface area (Å²) in [5.74, 6) is 0.427. The van der Waals surface area contributed by atoms with E-state index in [1.165, 1.54) is 45.6 Å². The van der Waals surface area contributed by atoms with Crippen molar-refractivity contribution in [2.24, 2.45) is 5.92 Å². The minimum absolute atomic E-state index is 0.0447. The SMILES string of the molecule is COC(=O)C(CN(C)C1CCCC1)(NC1CC1)C1CC1. The number of esters is 1. The zero-order valence-corrected chi connectivity index (χ0v) is 12.9. The number of carbonyl (C=O) groups is 1. The molecule has 0 aromatic rings. The average Bonchev–Trinajstić information content (AvgIpc) is 3.37. The molecule has 0 radical (unpaired) electrons. The quantitative estimate of drug-likeness (QED) is 0.724. The van der Waals surface area contributed by atoms with Gasteiger partial charge in [0, 0.05) is 18.6 Å². The van der Waals surface area contributed by atoms with E-state index in [1.54, 1.807) is 0 Å². The number of ether oxygens (including phenoxy) is 1. The standard InChI is InChI=1S/C16H28N2O2/c1-18(14-5-3-4-6-14)11-16(12-7-8-12,15(19)20-2)17-13-9-10-13/h12-14,17H,3-11H2,1-2H3. The van der Waals surface area contributed by atoms with Crippen LogP contribution in [-0.2, 0) is 9.53 Å². The fourth-order valence-corrected chi connectivity index (χ4v) is 3.80. The van der Waals surface area contributed by atoms with E-state index in [2.05, 4.69) is 17.3 Å². The van der Waals surface area contributed by atoms with Crippen LogP contribution in [0.3, 0.4) is 0 Å². The van der Waals surface area contributed by atoms with Crippen molar-refractivity contribution in [1.29, 1.82) is 0 Å². The normalized spacial score (nSPS) is 26.8. The molecule has 0 aliphatic heterocycles. The van der Waals surface area contributed by atoms with Crippen molar-refractivity contribution >= 4 is 5.97 Å². The summed E-state index contributed by atoms with van der Waals surface area (Å²) >= 11 is 0. The Hall–Kier alpha value is -0.610. The highest BCUT2D eigenvalue weighted by atomic mass is 16.5. The number of hydrogen-bond donors (Lipinski definition) is 1. The second-order valence-corrected chi connectivity index (χ2v) is 7.01. The first-order valence-corrected chi connectivity index (χ1v) is 8.22. The minimum Gasteiger partial charge on any atom is -0.468 e. The molecule has 20 heavy (non-hydrogen) atoms. The lowest BCUT2D eigenvalue weighted by Crippen LogP contribution is -2.62. The highest BCUT2D eigenvalue weighted by Crippen LogP contribution is 2.43. The number of carbonyl (C=O) groups excluding carboxylic acids is 1. The van der Waals surface area contributed by atoms with Gasteiger partial charge in [0.05, 0.1) is 7.11 Å². The molecule has 4 nitrogen and oxygen atoms in total. The van der Waals surface area contributed by atoms with E-state index in [9.17, 15) is 4.79 Å². The van der Waals surface area contributed by atoms with E-state index < -0.39 is 5.54 Å². The summed E-state index contributed by atoms with van der Waals surface area (Å²) in [6.07, 6.45) is 9.96. The Kier molecular flexibility index (Phi) is 4.04. The smallest absolute Gasteiger partial charge is 0.327 e. The summed E-state index contributed by atoms with van der Waals surface area (Å²) in [6.45, 7) is 0.811. The van der Waals surface area contributed by atoms with Crippen molar-refractivity contribution in [3.05, 3.63) is 0 Å². The largest absolute Gasteiger partial charge is 0.468 e. The zero-order chi connectivity index (χ0) is 14.2. The maximum atomic E-state index is 12.5. The molecule has 3 rings (SSSR count). The van der Waals surface area contributed by atoms with E-state index in [0.717, 1.165) is 19.4 Å². The molecule has 3 saturated carbocycles. The number of nitrogens with one attached hydrogen (secondary N) is 1. The summed E-state index contributed by atoms with van der Waals surface area (Å²) in [7, 11) is 3.72. The van der Waals surface area contributed by atoms with Gasteiger partial charge in [-0.25, -0.2) is 4.79 Å². The molecule has 0 bridgehead atoms. The molecular weight excluding hydrogens is 252 g/mol. The first kappa shape index (κ1) is 14.3. The van der Waals surface area contributed by atoms with Crippen molar-refractivity contribution in [2.75, 3.05) is 20.7 Å². The zero-order valence-electron chi connectivity index (χ0n) is 12.9. The third-order valence-electron chi connectivity index (χ3n) is 5.31. The van der Waals surface area contributed by atoms with Crippen LogP contribution in [0.4, 0.5) is 0 Å². The molecule has 4 heteroatoms. The summed E-state index contributed by atoms with van der Waals surface area (Å²) in [5.41, 5.74) is -0.451. The van der Waals surface area contributed by atoms with Crippen LogP contribution < -0.4 is 5.32 Å². The van der Waals surface area contributed by atoms with Gasteiger partial charge in [-0.15, -0.1) is 0 Å². The van der Waals surface area contributed by atoms with Crippen LogP contribution in [0, 0.1) is 5.92 Å². The number of methoxy groups -OCH3 is 1. The van der Waals surface area contributed by atoms with Crippen LogP contribution in [0.5, 0.6) is 0 Å². The van der Waals surface area contributed by atoms with Gasteiger partial charge in [-0.3, -0.25) is 5.32 Å². The lowest BCUT2D eigenvalue weighted by molar-refractivity contribution is -0.151. The van der Waals surface area contributed by atoms with Gasteiger partial charge in [0.2, 0.25) is 0 Å². The van der Waals surface area contributed by atoms with E-state index in [1.807, 2.05) is 0 Å². The second-order valence-electron chi connectivity index (χ2n) is 7.01. The van der Waals surface area contributed by atoms with Crippen molar-refractivity contribution in [3.63, 3.8) is 0 Å². The van der Waals surface area contributed by atoms with Crippen LogP contribution in [0.2, 0.25) is 0 Å². The molecule has 114 valence electrons. The Balaban J connectivity index is 1.73. The predicted molar refractivity (Wildman–Crippen MR) is 78.5 cm³/mol. The topological polar surface area (TPSA) is 41.6 Å². The van der Waals surface area contributed by atoms with Crippen LogP contribution in [-0.4, -0.2) is 49.2 Å². The highest BCUT2D eigenvalue weighted by Gasteiger charge is 2.54. The lowest BCUT2D eigenvalue weighted by atomic mass is 9.91. The molecule has 0 heterocycles. The number of rotatable bonds is 7. The van der Waals surface area contributed by atoms with Crippen molar-refractivity contribution in [1.82, 2.24) is 10.2 Å². The third kappa shape index (κ3) is 2.86. The van der Waals surface area contributed by atoms with Crippen LogP contribution in [0.25, 0.3) is 0 Å². The fraction of sp³-hybridized carbons (Fsp3) is 0.938. The molecule has 3 fully saturated rings. The van der Waals surface area contributed by atoms with E-state index in [0.29, 0.717) is 18.0 Å². The summed E-state index contributed by atoms with van der Waals surface area (Å²) in [4.78, 5) is 14.9. The molecule has 0 spiro atoms. The Morgan fingerprint density at radius 2 is 1.85 bits per heavy atom. The maximum Gasteiger partial charge on any atom is 0.327 e. The first-order chi connectivity index (χ1) is 9.65. The van der Waals surface area contributed by atoms with Gasteiger partial charge >= 0.3 is 5.97 Å². The highest BCUT2D eigenvalue weighted by molar-refractivity contribution is 5.82. The summed E-state index contributed by atoms with van der Waals surface area (Å²) in [6, 6.07) is 1.19. The van der Waals surface area contributed by atoms with Crippen LogP contribution in [0.1, 0.15) is 51.4 Å². The maximum absolute atomic E-state index is 12.5. The second kappa shape index (κ2) is 5.64. The molecule has 0 saturated heterocycles. The van der Waals surface area contributed by atoms with Crippen molar-refractivity contribution in [2.45, 2.75) is 69.0 Å². The number of likely N-dealkylation sites (N-methyl/N-ethyl adjacent to an activating group) is 1. The molecule has 0 aromatic heterocycles. The average molecular weight is 280 g/mol. The molecule has 1 atom stereocenters. The minimum atomic E-state index is -0.451. The van der Waals surface area contributed by atoms with Crippen molar-refractivity contribution in [3.8, 4) is 0 Å². The fourth-order valence-electron chi connectivity index (χ4n) is 3.80. The van der Waals surface area contributed by atoms with Gasteiger partial charge in [-0.2, -0.15) is 0 Å². The molecule has 3 aliphatic rings. The number of nitrogens with zero attached hydrogens (tertiary/aromatic N) is 1. The molecular formula is C16H28N2O2. The molecule has 0 aromatic carbocycles. The van der Waals surface area contributed by atoms with Crippen LogP contribution in [0.15, 0.2) is 0 Å². The Labute approximate surface area is 122 Å². The third-order valence-corrected chi connectivity index (χ3v) is 5.31. The van der Waals surface area contributed by atoms with Crippen molar-refractivity contribution < 1.29 is 9.53 Å². The van der Waals surface area contributed by atoms with E-state index in [4.69, 9.17) is 4.74 Å². The van der Waals surface area contributed by atoms with Gasteiger partial charge in [0.1, 0.15) is 5.54 Å².